The molecular formula is C16H35N3. The molecule has 3 heteroatoms. The van der Waals surface area contributed by atoms with Crippen molar-refractivity contribution in [2.75, 3.05) is 52.4 Å². The van der Waals surface area contributed by atoms with Gasteiger partial charge in [-0.25, -0.2) is 0 Å². The minimum Gasteiger partial charge on any atom is -0.301 e. The van der Waals surface area contributed by atoms with Gasteiger partial charge in [0.15, 0.2) is 0 Å². The number of piperazine rings is 1. The molecule has 2 heterocycles. The van der Waals surface area contributed by atoms with Crippen LogP contribution in [0.1, 0.15) is 41.0 Å². The maximum Gasteiger partial charge on any atom is 0.0110 e. The van der Waals surface area contributed by atoms with E-state index in [1.165, 1.54) is 58.8 Å². The van der Waals surface area contributed by atoms with Crippen molar-refractivity contribution in [3.05, 3.63) is 0 Å². The van der Waals surface area contributed by atoms with Crippen molar-refractivity contribution in [2.45, 2.75) is 47.1 Å². The summed E-state index contributed by atoms with van der Waals surface area (Å²) >= 11 is 0. The number of likely N-dealkylation sites (N-methyl/N-ethyl adjacent to an activating group) is 1. The lowest BCUT2D eigenvalue weighted by atomic mass is 10.1. The van der Waals surface area contributed by atoms with Crippen LogP contribution in [0.25, 0.3) is 0 Å². The molecule has 0 N–H and O–H groups in total. The number of likely N-dealkylation sites (tertiary alicyclic amines) is 1. The minimum atomic E-state index is 0.733. The summed E-state index contributed by atoms with van der Waals surface area (Å²) in [5, 5.41) is 0. The molecule has 1 atom stereocenters. The summed E-state index contributed by atoms with van der Waals surface area (Å²) in [6.07, 6.45) is 1.41. The highest BCUT2D eigenvalue weighted by Crippen LogP contribution is 2.20. The normalized spacial score (nSPS) is 26.5. The van der Waals surface area contributed by atoms with E-state index in [-0.39, 0.29) is 0 Å². The van der Waals surface area contributed by atoms with Crippen molar-refractivity contribution in [1.29, 1.82) is 0 Å². The molecule has 114 valence electrons. The van der Waals surface area contributed by atoms with Gasteiger partial charge in [-0.05, 0) is 39.3 Å². The van der Waals surface area contributed by atoms with E-state index in [0.29, 0.717) is 0 Å². The summed E-state index contributed by atoms with van der Waals surface area (Å²) < 4.78 is 0. The Labute approximate surface area is 120 Å². The van der Waals surface area contributed by atoms with E-state index in [1.54, 1.807) is 0 Å². The maximum atomic E-state index is 2.68. The van der Waals surface area contributed by atoms with Gasteiger partial charge in [-0.2, -0.15) is 0 Å². The Morgan fingerprint density at radius 1 is 0.947 bits per heavy atom. The number of nitrogens with zero attached hydrogens (tertiary/aromatic N) is 3. The van der Waals surface area contributed by atoms with Gasteiger partial charge in [-0.15, -0.1) is 0 Å². The second-order valence-electron chi connectivity index (χ2n) is 5.98. The first-order chi connectivity index (χ1) is 9.19. The average Bonchev–Trinajstić information content (AvgIpc) is 2.91. The van der Waals surface area contributed by atoms with Gasteiger partial charge in [0.25, 0.3) is 0 Å². The van der Waals surface area contributed by atoms with Crippen LogP contribution in [0, 0.1) is 5.92 Å². The van der Waals surface area contributed by atoms with E-state index in [2.05, 4.69) is 35.5 Å². The van der Waals surface area contributed by atoms with E-state index in [4.69, 9.17) is 0 Å². The maximum absolute atomic E-state index is 2.68. The lowest BCUT2D eigenvalue weighted by molar-refractivity contribution is 0.121. The molecule has 0 aliphatic carbocycles. The SMILES string of the molecule is CC.CCN1CCN(CC2CCN(C(C)C)C2)CC1. The number of hydrogen-bond donors (Lipinski definition) is 0. The second-order valence-corrected chi connectivity index (χ2v) is 5.98. The summed E-state index contributed by atoms with van der Waals surface area (Å²) in [6.45, 7) is 21.2. The molecule has 0 aromatic heterocycles. The van der Waals surface area contributed by atoms with Crippen molar-refractivity contribution < 1.29 is 0 Å². The highest BCUT2D eigenvalue weighted by molar-refractivity contribution is 4.81. The largest absolute Gasteiger partial charge is 0.301 e. The van der Waals surface area contributed by atoms with Crippen LogP contribution in [-0.2, 0) is 0 Å². The second kappa shape index (κ2) is 8.93. The molecule has 3 nitrogen and oxygen atoms in total. The molecule has 0 radical (unpaired) electrons. The average molecular weight is 269 g/mol. The van der Waals surface area contributed by atoms with Gasteiger partial charge in [-0.3, -0.25) is 0 Å². The first-order valence-electron chi connectivity index (χ1n) is 8.37. The van der Waals surface area contributed by atoms with Crippen molar-refractivity contribution >= 4 is 0 Å². The third-order valence-corrected chi connectivity index (χ3v) is 4.48. The first-order valence-corrected chi connectivity index (χ1v) is 8.37. The lowest BCUT2D eigenvalue weighted by Gasteiger charge is -2.35. The first kappa shape index (κ1) is 16.9. The van der Waals surface area contributed by atoms with Gasteiger partial charge in [0, 0.05) is 45.3 Å². The Morgan fingerprint density at radius 3 is 2.00 bits per heavy atom. The minimum absolute atomic E-state index is 0.733. The molecule has 0 aromatic carbocycles. The summed E-state index contributed by atoms with van der Waals surface area (Å²) in [4.78, 5) is 7.87. The van der Waals surface area contributed by atoms with Gasteiger partial charge >= 0.3 is 0 Å². The topological polar surface area (TPSA) is 9.72 Å². The van der Waals surface area contributed by atoms with Crippen LogP contribution in [0.4, 0.5) is 0 Å². The van der Waals surface area contributed by atoms with Crippen LogP contribution in [-0.4, -0.2) is 73.1 Å². The van der Waals surface area contributed by atoms with E-state index in [9.17, 15) is 0 Å². The smallest absolute Gasteiger partial charge is 0.0110 e. The van der Waals surface area contributed by atoms with E-state index in [1.807, 2.05) is 13.8 Å². The quantitative estimate of drug-likeness (QED) is 0.776. The van der Waals surface area contributed by atoms with Crippen LogP contribution in [0.3, 0.4) is 0 Å². The zero-order chi connectivity index (χ0) is 14.3. The Hall–Kier alpha value is -0.120. The summed E-state index contributed by atoms with van der Waals surface area (Å²) in [5.41, 5.74) is 0. The molecular weight excluding hydrogens is 234 g/mol. The molecule has 0 spiro atoms. The molecule has 2 aliphatic rings. The Bertz CT molecular complexity index is 222. The fourth-order valence-electron chi connectivity index (χ4n) is 3.13. The molecule has 2 aliphatic heterocycles. The van der Waals surface area contributed by atoms with E-state index < -0.39 is 0 Å². The van der Waals surface area contributed by atoms with Crippen LogP contribution in [0.15, 0.2) is 0 Å². The molecule has 19 heavy (non-hydrogen) atoms. The van der Waals surface area contributed by atoms with Gasteiger partial charge < -0.3 is 14.7 Å². The highest BCUT2D eigenvalue weighted by atomic mass is 15.3. The summed E-state index contributed by atoms with van der Waals surface area (Å²) in [7, 11) is 0. The molecule has 2 rings (SSSR count). The van der Waals surface area contributed by atoms with Crippen LogP contribution in [0.2, 0.25) is 0 Å². The van der Waals surface area contributed by atoms with Gasteiger partial charge in [0.1, 0.15) is 0 Å². The fourth-order valence-corrected chi connectivity index (χ4v) is 3.13. The van der Waals surface area contributed by atoms with Crippen molar-refractivity contribution in [3.63, 3.8) is 0 Å². The predicted molar refractivity (Wildman–Crippen MR) is 84.7 cm³/mol. The van der Waals surface area contributed by atoms with E-state index >= 15 is 0 Å². The Kier molecular flexibility index (Phi) is 7.96. The van der Waals surface area contributed by atoms with Crippen molar-refractivity contribution in [1.82, 2.24) is 14.7 Å². The standard InChI is InChI=1S/C14H29N3.C2H6/c1-4-15-7-9-16(10-8-15)11-14-5-6-17(12-14)13(2)3;1-2/h13-14H,4-12H2,1-3H3;1-2H3. The van der Waals surface area contributed by atoms with Crippen LogP contribution in [0.5, 0.6) is 0 Å². The molecule has 1 unspecified atom stereocenters. The Balaban J connectivity index is 0.000000861. The van der Waals surface area contributed by atoms with Crippen LogP contribution < -0.4 is 0 Å². The summed E-state index contributed by atoms with van der Waals surface area (Å²) in [5.74, 6) is 0.922. The van der Waals surface area contributed by atoms with Gasteiger partial charge in [0.05, 0.1) is 0 Å². The third-order valence-electron chi connectivity index (χ3n) is 4.48. The molecule has 0 amide bonds. The zero-order valence-corrected chi connectivity index (χ0v) is 13.9. The van der Waals surface area contributed by atoms with Crippen LogP contribution >= 0.6 is 0 Å². The number of hydrogen-bond acceptors (Lipinski definition) is 3. The monoisotopic (exact) mass is 269 g/mol. The summed E-state index contributed by atoms with van der Waals surface area (Å²) in [6, 6.07) is 0.733. The predicted octanol–water partition coefficient (Wildman–Crippen LogP) is 2.38. The Morgan fingerprint density at radius 2 is 1.53 bits per heavy atom. The fraction of sp³-hybridized carbons (Fsp3) is 1.00. The lowest BCUT2D eigenvalue weighted by Crippen LogP contribution is -2.47. The molecule has 0 saturated carbocycles. The molecule has 0 aromatic rings. The van der Waals surface area contributed by atoms with Gasteiger partial charge in [-0.1, -0.05) is 20.8 Å². The van der Waals surface area contributed by atoms with Gasteiger partial charge in [0.2, 0.25) is 0 Å². The zero-order valence-electron chi connectivity index (χ0n) is 13.9. The van der Waals surface area contributed by atoms with E-state index in [0.717, 1.165) is 12.0 Å². The van der Waals surface area contributed by atoms with Crippen molar-refractivity contribution in [2.24, 2.45) is 5.92 Å². The third kappa shape index (κ3) is 5.41. The molecule has 0 bridgehead atoms. The highest BCUT2D eigenvalue weighted by Gasteiger charge is 2.26. The number of rotatable bonds is 4. The molecule has 2 fully saturated rings. The van der Waals surface area contributed by atoms with Crippen molar-refractivity contribution in [3.8, 4) is 0 Å². The molecule has 2 saturated heterocycles.